The van der Waals surface area contributed by atoms with Crippen molar-refractivity contribution in [3.8, 4) is 11.8 Å². The van der Waals surface area contributed by atoms with Crippen LogP contribution in [0.4, 0.5) is 9.80 Å². The molecule has 34 heavy (non-hydrogen) atoms. The lowest BCUT2D eigenvalue weighted by atomic mass is 9.96. The van der Waals surface area contributed by atoms with Crippen LogP contribution in [0.5, 0.6) is 5.75 Å². The third kappa shape index (κ3) is 6.05. The summed E-state index contributed by atoms with van der Waals surface area (Å²) >= 11 is 1.30. The molecule has 2 heterocycles. The summed E-state index contributed by atoms with van der Waals surface area (Å²) in [6, 6.07) is 9.77. The monoisotopic (exact) mass is 485 g/mol. The topological polar surface area (TPSA) is 118 Å². The normalized spacial score (nSPS) is 13.3. The molecule has 0 saturated heterocycles. The van der Waals surface area contributed by atoms with Crippen LogP contribution in [0.3, 0.4) is 0 Å². The zero-order valence-corrected chi connectivity index (χ0v) is 20.2. The number of methoxy groups -OCH3 is 1. The van der Waals surface area contributed by atoms with Gasteiger partial charge in [0, 0.05) is 24.8 Å². The highest BCUT2D eigenvalue weighted by Crippen LogP contribution is 2.37. The highest BCUT2D eigenvalue weighted by Gasteiger charge is 2.28. The molecule has 1 aromatic carbocycles. The summed E-state index contributed by atoms with van der Waals surface area (Å²) < 4.78 is 15.3. The summed E-state index contributed by atoms with van der Waals surface area (Å²) in [7, 11) is 1.60. The van der Waals surface area contributed by atoms with Crippen molar-refractivity contribution in [2.24, 2.45) is 0 Å². The van der Waals surface area contributed by atoms with Crippen LogP contribution in [0.1, 0.15) is 47.8 Å². The minimum Gasteiger partial charge on any atom is -0.496 e. The molecule has 180 valence electrons. The fourth-order valence-corrected chi connectivity index (χ4v) is 5.04. The number of thiophene rings is 1. The Hall–Kier alpha value is -3.58. The molecule has 0 unspecified atom stereocenters. The predicted octanol–water partition coefficient (Wildman–Crippen LogP) is 3.82. The van der Waals surface area contributed by atoms with Crippen molar-refractivity contribution in [3.05, 3.63) is 45.8 Å². The summed E-state index contributed by atoms with van der Waals surface area (Å²) in [4.78, 5) is 38.3. The highest BCUT2D eigenvalue weighted by atomic mass is 32.1. The fraction of sp³-hybridized carbons (Fsp3) is 0.417. The number of nitriles is 1. The number of hydrogen-bond acceptors (Lipinski definition) is 8. The number of fused-ring (bicyclic) bond motifs is 1. The lowest BCUT2D eigenvalue weighted by molar-refractivity contribution is -0.142. The van der Waals surface area contributed by atoms with E-state index in [1.165, 1.54) is 23.2 Å². The summed E-state index contributed by atoms with van der Waals surface area (Å²) in [5.41, 5.74) is 2.24. The third-order valence-corrected chi connectivity index (χ3v) is 6.59. The van der Waals surface area contributed by atoms with Gasteiger partial charge < -0.3 is 24.4 Å². The first-order valence-electron chi connectivity index (χ1n) is 10.9. The van der Waals surface area contributed by atoms with Crippen molar-refractivity contribution < 1.29 is 28.6 Å². The first kappa shape index (κ1) is 25.1. The Labute approximate surface area is 202 Å². The van der Waals surface area contributed by atoms with Crippen molar-refractivity contribution in [2.75, 3.05) is 32.2 Å². The number of esters is 1. The van der Waals surface area contributed by atoms with Gasteiger partial charge in [-0.3, -0.25) is 9.59 Å². The molecule has 0 saturated carbocycles. The molecule has 0 spiro atoms. The average Bonchev–Trinajstić information content (AvgIpc) is 3.17. The lowest BCUT2D eigenvalue weighted by Crippen LogP contribution is -2.36. The molecule has 10 heteroatoms. The van der Waals surface area contributed by atoms with E-state index in [0.717, 1.165) is 21.8 Å². The van der Waals surface area contributed by atoms with E-state index in [0.29, 0.717) is 23.5 Å². The Morgan fingerprint density at radius 2 is 1.97 bits per heavy atom. The number of nitrogens with zero attached hydrogens (tertiary/aromatic N) is 2. The second kappa shape index (κ2) is 11.5. The summed E-state index contributed by atoms with van der Waals surface area (Å²) in [5, 5.41) is 13.1. The van der Waals surface area contributed by atoms with Crippen LogP contribution < -0.4 is 10.1 Å². The van der Waals surface area contributed by atoms with Crippen LogP contribution in [-0.2, 0) is 32.0 Å². The minimum atomic E-state index is -0.513. The maximum Gasteiger partial charge on any atom is 0.410 e. The Morgan fingerprint density at radius 3 is 2.68 bits per heavy atom. The van der Waals surface area contributed by atoms with Crippen molar-refractivity contribution in [3.63, 3.8) is 0 Å². The van der Waals surface area contributed by atoms with Gasteiger partial charge in [-0.25, -0.2) is 4.79 Å². The van der Waals surface area contributed by atoms with Crippen LogP contribution in [0, 0.1) is 11.3 Å². The zero-order valence-electron chi connectivity index (χ0n) is 19.4. The molecule has 0 radical (unpaired) electrons. The lowest BCUT2D eigenvalue weighted by Gasteiger charge is -2.26. The molecule has 0 aliphatic carbocycles. The molecule has 1 atom stereocenters. The maximum absolute atomic E-state index is 12.8. The van der Waals surface area contributed by atoms with Crippen LogP contribution in [-0.4, -0.2) is 49.7 Å². The van der Waals surface area contributed by atoms with E-state index < -0.39 is 12.1 Å². The molecule has 1 N–H and O–H groups in total. The number of para-hydroxylation sites is 1. The number of carbonyl (C=O) groups excluding carboxylic acids is 3. The van der Waals surface area contributed by atoms with Crippen LogP contribution in [0.2, 0.25) is 0 Å². The molecule has 1 aliphatic heterocycles. The van der Waals surface area contributed by atoms with Crippen LogP contribution in [0.15, 0.2) is 24.3 Å². The Bertz CT molecular complexity index is 1110. The van der Waals surface area contributed by atoms with Crippen molar-refractivity contribution in [2.45, 2.75) is 39.2 Å². The third-order valence-electron chi connectivity index (χ3n) is 5.46. The first-order valence-corrected chi connectivity index (χ1v) is 11.7. The van der Waals surface area contributed by atoms with E-state index in [1.54, 1.807) is 7.11 Å². The van der Waals surface area contributed by atoms with Gasteiger partial charge in [-0.15, -0.1) is 11.3 Å². The number of rotatable bonds is 8. The molecule has 2 amide bonds. The van der Waals surface area contributed by atoms with Crippen molar-refractivity contribution in [1.82, 2.24) is 4.90 Å². The van der Waals surface area contributed by atoms with E-state index in [2.05, 4.69) is 11.4 Å². The van der Waals surface area contributed by atoms with E-state index in [1.807, 2.05) is 31.2 Å². The van der Waals surface area contributed by atoms with Crippen LogP contribution in [0.25, 0.3) is 0 Å². The highest BCUT2D eigenvalue weighted by molar-refractivity contribution is 7.16. The van der Waals surface area contributed by atoms with Gasteiger partial charge in [0.2, 0.25) is 5.91 Å². The number of anilines is 1. The smallest absolute Gasteiger partial charge is 0.410 e. The van der Waals surface area contributed by atoms with Gasteiger partial charge in [0.1, 0.15) is 30.0 Å². The van der Waals surface area contributed by atoms with Gasteiger partial charge in [0.15, 0.2) is 0 Å². The molecular weight excluding hydrogens is 458 g/mol. The Morgan fingerprint density at radius 1 is 1.24 bits per heavy atom. The fourth-order valence-electron chi connectivity index (χ4n) is 3.81. The van der Waals surface area contributed by atoms with E-state index in [4.69, 9.17) is 14.2 Å². The second-order valence-electron chi connectivity index (χ2n) is 7.84. The minimum absolute atomic E-state index is 0.00119. The van der Waals surface area contributed by atoms with Gasteiger partial charge in [0.05, 0.1) is 19.2 Å². The number of amides is 2. The van der Waals surface area contributed by atoms with E-state index in [-0.39, 0.29) is 38.0 Å². The largest absolute Gasteiger partial charge is 0.496 e. The molecule has 9 nitrogen and oxygen atoms in total. The SMILES string of the molecule is COc1ccccc1[C@@H](C)CC(=O)Nc1sc2c(c1C#N)CCN(C(=O)OCCOC(C)=O)C2. The van der Waals surface area contributed by atoms with Crippen LogP contribution >= 0.6 is 11.3 Å². The summed E-state index contributed by atoms with van der Waals surface area (Å²) in [6.45, 7) is 3.89. The van der Waals surface area contributed by atoms with Crippen molar-refractivity contribution >= 4 is 34.3 Å². The average molecular weight is 486 g/mol. The number of hydrogen-bond donors (Lipinski definition) is 1. The zero-order chi connectivity index (χ0) is 24.7. The molecule has 1 aromatic heterocycles. The molecule has 0 fully saturated rings. The maximum atomic E-state index is 12.8. The molecular formula is C24H27N3O6S. The Kier molecular flexibility index (Phi) is 8.49. The van der Waals surface area contributed by atoms with Gasteiger partial charge in [-0.05, 0) is 29.5 Å². The molecule has 0 bridgehead atoms. The van der Waals surface area contributed by atoms with E-state index in [9.17, 15) is 19.6 Å². The van der Waals surface area contributed by atoms with Gasteiger partial charge in [-0.1, -0.05) is 25.1 Å². The second-order valence-corrected chi connectivity index (χ2v) is 8.95. The van der Waals surface area contributed by atoms with Gasteiger partial charge >= 0.3 is 12.1 Å². The Balaban J connectivity index is 1.63. The predicted molar refractivity (Wildman–Crippen MR) is 126 cm³/mol. The van der Waals surface area contributed by atoms with Crippen molar-refractivity contribution in [1.29, 1.82) is 5.26 Å². The van der Waals surface area contributed by atoms with Gasteiger partial charge in [0.25, 0.3) is 0 Å². The number of carbonyl (C=O) groups is 3. The number of benzene rings is 1. The number of nitrogens with one attached hydrogen (secondary N) is 1. The quantitative estimate of drug-likeness (QED) is 0.446. The number of ether oxygens (including phenoxy) is 3. The molecule has 3 rings (SSSR count). The standard InChI is InChI=1S/C24H27N3O6S/c1-15(17-6-4-5-7-20(17)31-3)12-22(29)26-23-19(13-25)18-8-9-27(14-21(18)34-23)24(30)33-11-10-32-16(2)28/h4-7,15H,8-12,14H2,1-3H3,(H,26,29)/t15-/m0/s1. The summed E-state index contributed by atoms with van der Waals surface area (Å²) in [6.07, 6.45) is 0.205. The molecule has 2 aromatic rings. The first-order chi connectivity index (χ1) is 16.3. The summed E-state index contributed by atoms with van der Waals surface area (Å²) in [5.74, 6) is 0.0175. The van der Waals surface area contributed by atoms with E-state index >= 15 is 0 Å². The molecule has 1 aliphatic rings. The van der Waals surface area contributed by atoms with Gasteiger partial charge in [-0.2, -0.15) is 5.26 Å².